The van der Waals surface area contributed by atoms with Crippen LogP contribution in [0, 0.1) is 0 Å². The molecule has 0 aliphatic carbocycles. The quantitative estimate of drug-likeness (QED) is 0.437. The Labute approximate surface area is 108 Å². The molecule has 0 aromatic rings. The van der Waals surface area contributed by atoms with Crippen molar-refractivity contribution in [1.82, 2.24) is 5.32 Å². The monoisotopic (exact) mass is 257 g/mol. The zero-order valence-corrected chi connectivity index (χ0v) is 11.0. The van der Waals surface area contributed by atoms with Gasteiger partial charge >= 0.3 is 5.97 Å². The molecule has 1 atom stereocenters. The largest absolute Gasteiger partial charge is 0.481 e. The zero-order chi connectivity index (χ0) is 13.8. The van der Waals surface area contributed by atoms with Gasteiger partial charge in [-0.05, 0) is 12.8 Å². The van der Waals surface area contributed by atoms with E-state index in [0.717, 1.165) is 25.7 Å². The number of nitrogens with one attached hydrogen (secondary N) is 1. The van der Waals surface area contributed by atoms with Gasteiger partial charge in [-0.1, -0.05) is 32.6 Å². The van der Waals surface area contributed by atoms with Crippen molar-refractivity contribution in [2.45, 2.75) is 64.3 Å². The van der Waals surface area contributed by atoms with E-state index in [9.17, 15) is 14.4 Å². The van der Waals surface area contributed by atoms with Crippen molar-refractivity contribution < 1.29 is 19.5 Å². The summed E-state index contributed by atoms with van der Waals surface area (Å²) in [6, 6.07) is -0.677. The van der Waals surface area contributed by atoms with Crippen LogP contribution in [0.25, 0.3) is 0 Å². The molecule has 0 aromatic carbocycles. The Hall–Kier alpha value is -1.39. The lowest BCUT2D eigenvalue weighted by Crippen LogP contribution is -2.36. The van der Waals surface area contributed by atoms with Crippen molar-refractivity contribution >= 4 is 18.2 Å². The number of aliphatic carboxylic acids is 1. The third-order valence-corrected chi connectivity index (χ3v) is 2.69. The molecule has 18 heavy (non-hydrogen) atoms. The Morgan fingerprint density at radius 2 is 1.83 bits per heavy atom. The maximum atomic E-state index is 11.5. The Morgan fingerprint density at radius 3 is 2.39 bits per heavy atom. The van der Waals surface area contributed by atoms with Crippen LogP contribution in [-0.4, -0.2) is 29.3 Å². The number of amides is 1. The number of hydrogen-bond acceptors (Lipinski definition) is 3. The highest BCUT2D eigenvalue weighted by Gasteiger charge is 2.12. The van der Waals surface area contributed by atoms with Crippen molar-refractivity contribution in [2.75, 3.05) is 0 Å². The van der Waals surface area contributed by atoms with Gasteiger partial charge < -0.3 is 15.2 Å². The van der Waals surface area contributed by atoms with Crippen LogP contribution in [0.15, 0.2) is 0 Å². The van der Waals surface area contributed by atoms with Gasteiger partial charge in [-0.25, -0.2) is 0 Å². The average Bonchev–Trinajstić information content (AvgIpc) is 2.34. The molecule has 2 N–H and O–H groups in total. The van der Waals surface area contributed by atoms with Crippen LogP contribution >= 0.6 is 0 Å². The first kappa shape index (κ1) is 16.6. The summed E-state index contributed by atoms with van der Waals surface area (Å²) < 4.78 is 0. The smallest absolute Gasteiger partial charge is 0.303 e. The number of hydrogen-bond donors (Lipinski definition) is 2. The average molecular weight is 257 g/mol. The second-order valence-electron chi connectivity index (χ2n) is 4.41. The van der Waals surface area contributed by atoms with Gasteiger partial charge in [0, 0.05) is 12.8 Å². The molecule has 5 nitrogen and oxygen atoms in total. The summed E-state index contributed by atoms with van der Waals surface area (Å²) in [5, 5.41) is 11.0. The maximum Gasteiger partial charge on any atom is 0.303 e. The molecule has 0 rings (SSSR count). The van der Waals surface area contributed by atoms with E-state index in [2.05, 4.69) is 12.2 Å². The first-order chi connectivity index (χ1) is 8.60. The Kier molecular flexibility index (Phi) is 9.91. The summed E-state index contributed by atoms with van der Waals surface area (Å²) in [5.41, 5.74) is 0. The van der Waals surface area contributed by atoms with Crippen LogP contribution in [0.4, 0.5) is 0 Å². The van der Waals surface area contributed by atoms with Crippen LogP contribution < -0.4 is 5.32 Å². The second kappa shape index (κ2) is 10.7. The van der Waals surface area contributed by atoms with E-state index < -0.39 is 12.0 Å². The third-order valence-electron chi connectivity index (χ3n) is 2.69. The van der Waals surface area contributed by atoms with Crippen LogP contribution in [-0.2, 0) is 14.4 Å². The van der Waals surface area contributed by atoms with E-state index in [-0.39, 0.29) is 18.7 Å². The molecule has 0 radical (unpaired) electrons. The lowest BCUT2D eigenvalue weighted by Gasteiger charge is -2.11. The minimum Gasteiger partial charge on any atom is -0.481 e. The van der Waals surface area contributed by atoms with Gasteiger partial charge in [0.25, 0.3) is 0 Å². The normalized spacial score (nSPS) is 11.8. The first-order valence-corrected chi connectivity index (χ1v) is 6.56. The maximum absolute atomic E-state index is 11.5. The van der Waals surface area contributed by atoms with E-state index in [0.29, 0.717) is 12.7 Å². The van der Waals surface area contributed by atoms with E-state index in [1.165, 1.54) is 6.42 Å². The SMILES string of the molecule is CCCCCCCC(=O)N[C@@H](C=O)CCC(=O)O. The molecule has 0 spiro atoms. The molecule has 0 bridgehead atoms. The third kappa shape index (κ3) is 9.81. The summed E-state index contributed by atoms with van der Waals surface area (Å²) in [6.45, 7) is 2.13. The molecule has 5 heteroatoms. The molecule has 0 saturated carbocycles. The van der Waals surface area contributed by atoms with Gasteiger partial charge in [0.1, 0.15) is 6.29 Å². The Bertz CT molecular complexity index is 266. The summed E-state index contributed by atoms with van der Waals surface area (Å²) in [7, 11) is 0. The molecule has 0 unspecified atom stereocenters. The lowest BCUT2D eigenvalue weighted by atomic mass is 10.1. The van der Waals surface area contributed by atoms with Crippen LogP contribution in [0.2, 0.25) is 0 Å². The Balaban J connectivity index is 3.69. The molecule has 0 fully saturated rings. The predicted molar refractivity (Wildman–Crippen MR) is 68.2 cm³/mol. The lowest BCUT2D eigenvalue weighted by molar-refractivity contribution is -0.137. The molecular weight excluding hydrogens is 234 g/mol. The van der Waals surface area contributed by atoms with Gasteiger partial charge in [0.05, 0.1) is 6.04 Å². The van der Waals surface area contributed by atoms with Crippen molar-refractivity contribution in [3.05, 3.63) is 0 Å². The molecule has 0 aliphatic rings. The highest BCUT2D eigenvalue weighted by molar-refractivity contribution is 5.79. The predicted octanol–water partition coefficient (Wildman–Crippen LogP) is 1.90. The van der Waals surface area contributed by atoms with Gasteiger partial charge in [-0.3, -0.25) is 9.59 Å². The van der Waals surface area contributed by atoms with Gasteiger partial charge in [0.15, 0.2) is 0 Å². The first-order valence-electron chi connectivity index (χ1n) is 6.56. The van der Waals surface area contributed by atoms with Crippen LogP contribution in [0.1, 0.15) is 58.3 Å². The molecule has 0 aromatic heterocycles. The highest BCUT2D eigenvalue weighted by Crippen LogP contribution is 2.05. The van der Waals surface area contributed by atoms with Crippen molar-refractivity contribution in [1.29, 1.82) is 0 Å². The molecule has 0 saturated heterocycles. The molecule has 1 amide bonds. The topological polar surface area (TPSA) is 83.5 Å². The van der Waals surface area contributed by atoms with Crippen molar-refractivity contribution in [3.63, 3.8) is 0 Å². The second-order valence-corrected chi connectivity index (χ2v) is 4.41. The zero-order valence-electron chi connectivity index (χ0n) is 11.0. The fraction of sp³-hybridized carbons (Fsp3) is 0.769. The minimum absolute atomic E-state index is 0.111. The molecule has 0 aliphatic heterocycles. The fourth-order valence-corrected chi connectivity index (χ4v) is 1.62. The van der Waals surface area contributed by atoms with E-state index in [1.807, 2.05) is 0 Å². The van der Waals surface area contributed by atoms with E-state index in [4.69, 9.17) is 5.11 Å². The number of carboxylic acid groups (broad SMARTS) is 1. The fourth-order valence-electron chi connectivity index (χ4n) is 1.62. The molecule has 0 heterocycles. The standard InChI is InChI=1S/C13H23NO4/c1-2-3-4-5-6-7-12(16)14-11(10-15)8-9-13(17)18/h10-11H,2-9H2,1H3,(H,14,16)(H,17,18)/t11-/m1/s1. The summed E-state index contributed by atoms with van der Waals surface area (Å²) in [5.74, 6) is -1.13. The summed E-state index contributed by atoms with van der Waals surface area (Å²) >= 11 is 0. The number of rotatable bonds is 11. The van der Waals surface area contributed by atoms with Crippen molar-refractivity contribution in [2.24, 2.45) is 0 Å². The number of carbonyl (C=O) groups excluding carboxylic acids is 2. The van der Waals surface area contributed by atoms with Gasteiger partial charge in [-0.15, -0.1) is 0 Å². The highest BCUT2D eigenvalue weighted by atomic mass is 16.4. The number of aldehydes is 1. The van der Waals surface area contributed by atoms with E-state index in [1.54, 1.807) is 0 Å². The van der Waals surface area contributed by atoms with Gasteiger partial charge in [-0.2, -0.15) is 0 Å². The summed E-state index contributed by atoms with van der Waals surface area (Å²) in [6.07, 6.45) is 6.34. The van der Waals surface area contributed by atoms with E-state index >= 15 is 0 Å². The van der Waals surface area contributed by atoms with Crippen LogP contribution in [0.3, 0.4) is 0 Å². The number of carbonyl (C=O) groups is 3. The summed E-state index contributed by atoms with van der Waals surface area (Å²) in [4.78, 5) is 32.5. The van der Waals surface area contributed by atoms with Crippen molar-refractivity contribution in [3.8, 4) is 0 Å². The molecular formula is C13H23NO4. The number of unbranched alkanes of at least 4 members (excludes halogenated alkanes) is 4. The van der Waals surface area contributed by atoms with Crippen LogP contribution in [0.5, 0.6) is 0 Å². The van der Waals surface area contributed by atoms with Gasteiger partial charge in [0.2, 0.25) is 5.91 Å². The number of carboxylic acids is 1. The molecule has 104 valence electrons. The minimum atomic E-state index is -0.962. The Morgan fingerprint density at radius 1 is 1.17 bits per heavy atom.